The number of non-ortho nitro benzene ring substituents is 1. The van der Waals surface area contributed by atoms with Gasteiger partial charge in [-0.05, 0) is 34.4 Å². The number of amides is 2. The van der Waals surface area contributed by atoms with E-state index in [1.807, 2.05) is 48.5 Å². The summed E-state index contributed by atoms with van der Waals surface area (Å²) in [4.78, 5) is 60.9. The number of ether oxygens (including phenoxy) is 1. The van der Waals surface area contributed by atoms with Crippen LogP contribution in [0.1, 0.15) is 39.0 Å². The van der Waals surface area contributed by atoms with Gasteiger partial charge in [0.05, 0.1) is 23.2 Å². The van der Waals surface area contributed by atoms with Gasteiger partial charge in [0, 0.05) is 24.2 Å². The van der Waals surface area contributed by atoms with Crippen LogP contribution in [0.2, 0.25) is 0 Å². The number of rotatable bonds is 7. The second kappa shape index (κ2) is 9.25. The molecule has 3 aromatic carbocycles. The Hall–Kier alpha value is -4.08. The molecule has 1 aliphatic heterocycles. The number of likely N-dealkylation sites (tertiary alicyclic amines) is 1. The van der Waals surface area contributed by atoms with Crippen LogP contribution in [-0.2, 0) is 28.9 Å². The van der Waals surface area contributed by atoms with Crippen molar-refractivity contribution >= 4 is 52.5 Å². The second-order valence-corrected chi connectivity index (χ2v) is 11.1. The molecule has 0 saturated carbocycles. The molecule has 3 aromatic rings. The predicted molar refractivity (Wildman–Crippen MR) is 143 cm³/mol. The van der Waals surface area contributed by atoms with Gasteiger partial charge in [-0.15, -0.1) is 23.2 Å². The monoisotopic (exact) mass is 578 g/mol. The Labute approximate surface area is 237 Å². The highest BCUT2D eigenvalue weighted by Gasteiger charge is 2.72. The summed E-state index contributed by atoms with van der Waals surface area (Å²) in [6, 6.07) is 19.4. The molecular weight excluding hydrogens is 559 g/mol. The maximum absolute atomic E-state index is 13.8. The number of nitro benzene ring substituents is 1. The summed E-state index contributed by atoms with van der Waals surface area (Å²) in [5.41, 5.74) is 2.68. The van der Waals surface area contributed by atoms with E-state index in [4.69, 9.17) is 27.9 Å². The molecule has 40 heavy (non-hydrogen) atoms. The lowest BCUT2D eigenvalue weighted by atomic mass is 9.54. The minimum atomic E-state index is -1.31. The van der Waals surface area contributed by atoms with Crippen LogP contribution >= 0.6 is 23.2 Å². The molecule has 202 valence electrons. The number of carbonyl (C=O) groups is 4. The van der Waals surface area contributed by atoms with Crippen LogP contribution in [0.4, 0.5) is 5.69 Å². The van der Waals surface area contributed by atoms with Crippen LogP contribution < -0.4 is 0 Å². The molecule has 0 aromatic heterocycles. The number of alkyl halides is 2. The average Bonchev–Trinajstić information content (AvgIpc) is 3.23. The molecule has 4 aliphatic rings. The summed E-state index contributed by atoms with van der Waals surface area (Å²) in [6.07, 6.45) is -0.338. The van der Waals surface area contributed by atoms with Gasteiger partial charge in [-0.2, -0.15) is 0 Å². The first-order valence-corrected chi connectivity index (χ1v) is 13.2. The number of nitro groups is 1. The maximum Gasteiger partial charge on any atom is 0.308 e. The van der Waals surface area contributed by atoms with Crippen LogP contribution in [0.15, 0.2) is 72.8 Å². The number of imide groups is 1. The standard InChI is InChI=1S/C29H20Cl2N2O7/c30-28-18-5-1-2-6-19(18)29(31,21-8-4-3-7-20(21)28)25-24(28)26(36)32(27(25)37)14-13-23(35)40-15-22(34)16-9-11-17(12-10-16)33(38)39/h1-12,24-25H,13-15H2/t24-,25+,28?,29?. The third kappa shape index (κ3) is 3.54. The highest BCUT2D eigenvalue weighted by atomic mass is 35.5. The van der Waals surface area contributed by atoms with Gasteiger partial charge in [0.15, 0.2) is 12.4 Å². The molecular formula is C29H20Cl2N2O7. The van der Waals surface area contributed by atoms with Crippen molar-refractivity contribution in [3.8, 4) is 0 Å². The highest BCUT2D eigenvalue weighted by molar-refractivity contribution is 6.36. The van der Waals surface area contributed by atoms with Gasteiger partial charge in [-0.3, -0.25) is 34.2 Å². The summed E-state index contributed by atoms with van der Waals surface area (Å²) in [5, 5.41) is 10.8. The van der Waals surface area contributed by atoms with E-state index in [0.29, 0.717) is 22.3 Å². The first-order valence-electron chi connectivity index (χ1n) is 12.5. The van der Waals surface area contributed by atoms with Gasteiger partial charge in [-0.25, -0.2) is 0 Å². The van der Waals surface area contributed by atoms with E-state index >= 15 is 0 Å². The molecule has 0 radical (unpaired) electrons. The number of carbonyl (C=O) groups excluding carboxylic acids is 4. The van der Waals surface area contributed by atoms with E-state index in [9.17, 15) is 29.3 Å². The van der Waals surface area contributed by atoms with Gasteiger partial charge in [0.1, 0.15) is 9.75 Å². The predicted octanol–water partition coefficient (Wildman–Crippen LogP) is 4.30. The van der Waals surface area contributed by atoms with Gasteiger partial charge < -0.3 is 4.74 Å². The van der Waals surface area contributed by atoms with Gasteiger partial charge in [0.2, 0.25) is 11.8 Å². The smallest absolute Gasteiger partial charge is 0.308 e. The first-order chi connectivity index (χ1) is 19.1. The van der Waals surface area contributed by atoms with E-state index in [0.717, 1.165) is 4.90 Å². The molecule has 1 heterocycles. The molecule has 9 nitrogen and oxygen atoms in total. The lowest BCUT2D eigenvalue weighted by Crippen LogP contribution is -2.57. The minimum Gasteiger partial charge on any atom is -0.457 e. The first kappa shape index (κ1) is 26.2. The van der Waals surface area contributed by atoms with Crippen LogP contribution in [0.25, 0.3) is 0 Å². The van der Waals surface area contributed by atoms with Crippen molar-refractivity contribution in [2.75, 3.05) is 13.2 Å². The molecule has 1 fully saturated rings. The molecule has 2 amide bonds. The lowest BCUT2D eigenvalue weighted by molar-refractivity contribution is -0.384. The van der Waals surface area contributed by atoms with Gasteiger partial charge in [-0.1, -0.05) is 48.5 Å². The molecule has 1 saturated heterocycles. The Kier molecular flexibility index (Phi) is 6.05. The molecule has 2 bridgehead atoms. The molecule has 2 atom stereocenters. The van der Waals surface area contributed by atoms with E-state index in [1.165, 1.54) is 24.3 Å². The molecule has 0 spiro atoms. The van der Waals surface area contributed by atoms with Crippen LogP contribution in [-0.4, -0.2) is 46.5 Å². The maximum atomic E-state index is 13.8. The molecule has 11 heteroatoms. The molecule has 0 unspecified atom stereocenters. The third-order valence-corrected chi connectivity index (χ3v) is 9.27. The summed E-state index contributed by atoms with van der Waals surface area (Å²) in [6.45, 7) is -0.855. The summed E-state index contributed by atoms with van der Waals surface area (Å²) < 4.78 is 5.06. The number of hydrogen-bond donors (Lipinski definition) is 0. The Bertz CT molecular complexity index is 1500. The van der Waals surface area contributed by atoms with E-state index in [1.54, 1.807) is 0 Å². The number of benzene rings is 3. The Balaban J connectivity index is 1.20. The van der Waals surface area contributed by atoms with E-state index < -0.39 is 56.7 Å². The topological polar surface area (TPSA) is 124 Å². The fourth-order valence-electron chi connectivity index (χ4n) is 6.22. The summed E-state index contributed by atoms with van der Waals surface area (Å²) in [7, 11) is 0. The normalized spacial score (nSPS) is 25.7. The fraction of sp³-hybridized carbons (Fsp3) is 0.241. The summed E-state index contributed by atoms with van der Waals surface area (Å²) >= 11 is 14.7. The van der Waals surface area contributed by atoms with Crippen LogP contribution in [0.5, 0.6) is 0 Å². The average molecular weight is 579 g/mol. The van der Waals surface area contributed by atoms with Crippen LogP contribution in [0.3, 0.4) is 0 Å². The number of nitrogens with zero attached hydrogens (tertiary/aromatic N) is 2. The SMILES string of the molecule is O=C(CCN1C(=O)[C@@H]2[C@H](C1=O)C1(Cl)c3ccccc3C2(Cl)c2ccccc21)OCC(=O)c1ccc([N+](=O)[O-])cc1. The fourth-order valence-corrected chi connectivity index (χ4v) is 7.32. The van der Waals surface area contributed by atoms with Crippen molar-refractivity contribution in [1.29, 1.82) is 0 Å². The lowest BCUT2D eigenvalue weighted by Gasteiger charge is -2.54. The number of esters is 1. The number of Topliss-reactive ketones (excluding diaryl/α,β-unsaturated/α-hetero) is 1. The zero-order valence-electron chi connectivity index (χ0n) is 20.7. The Morgan fingerprint density at radius 3 is 1.70 bits per heavy atom. The molecule has 3 aliphatic carbocycles. The summed E-state index contributed by atoms with van der Waals surface area (Å²) in [5.74, 6) is -4.32. The number of hydrogen-bond acceptors (Lipinski definition) is 7. The second-order valence-electron chi connectivity index (χ2n) is 9.94. The Morgan fingerprint density at radius 1 is 0.825 bits per heavy atom. The minimum absolute atomic E-state index is 0.141. The van der Waals surface area contributed by atoms with E-state index in [2.05, 4.69) is 0 Å². The quantitative estimate of drug-likeness (QED) is 0.102. The number of halogens is 2. The third-order valence-electron chi connectivity index (χ3n) is 7.98. The van der Waals surface area contributed by atoms with Crippen molar-refractivity contribution < 1.29 is 28.8 Å². The zero-order chi connectivity index (χ0) is 28.4. The Morgan fingerprint density at radius 2 is 1.27 bits per heavy atom. The molecule has 7 rings (SSSR count). The van der Waals surface area contributed by atoms with Crippen molar-refractivity contribution in [3.05, 3.63) is 111 Å². The zero-order valence-corrected chi connectivity index (χ0v) is 22.2. The van der Waals surface area contributed by atoms with Crippen molar-refractivity contribution in [3.63, 3.8) is 0 Å². The van der Waals surface area contributed by atoms with E-state index in [-0.39, 0.29) is 24.2 Å². The largest absolute Gasteiger partial charge is 0.457 e. The molecule has 0 N–H and O–H groups in total. The van der Waals surface area contributed by atoms with Gasteiger partial charge >= 0.3 is 5.97 Å². The van der Waals surface area contributed by atoms with Gasteiger partial charge in [0.25, 0.3) is 5.69 Å². The van der Waals surface area contributed by atoms with Crippen LogP contribution in [0, 0.1) is 22.0 Å². The van der Waals surface area contributed by atoms with Crippen molar-refractivity contribution in [2.45, 2.75) is 16.2 Å². The van der Waals surface area contributed by atoms with Crippen molar-refractivity contribution in [1.82, 2.24) is 4.90 Å². The highest BCUT2D eigenvalue weighted by Crippen LogP contribution is 2.69. The number of ketones is 1. The van der Waals surface area contributed by atoms with Crippen molar-refractivity contribution in [2.24, 2.45) is 11.8 Å².